The van der Waals surface area contributed by atoms with E-state index in [9.17, 15) is 0 Å². The van der Waals surface area contributed by atoms with Crippen molar-refractivity contribution in [2.45, 2.75) is 0 Å². The summed E-state index contributed by atoms with van der Waals surface area (Å²) in [5, 5.41) is 7.40. The van der Waals surface area contributed by atoms with Crippen LogP contribution in [-0.4, -0.2) is 23.7 Å². The number of nitrogens with zero attached hydrogens (tertiary/aromatic N) is 5. The third-order valence-electron chi connectivity index (χ3n) is 12.4. The van der Waals surface area contributed by atoms with Crippen LogP contribution in [0.15, 0.2) is 212 Å². The van der Waals surface area contributed by atoms with E-state index in [2.05, 4.69) is 196 Å². The van der Waals surface area contributed by atoms with Crippen molar-refractivity contribution in [2.24, 2.45) is 0 Å². The summed E-state index contributed by atoms with van der Waals surface area (Å²) in [6, 6.07) is 76.0. The average molecular weight is 778 g/mol. The molecule has 0 bridgehead atoms. The molecular formula is C56H35N5. The lowest BCUT2D eigenvalue weighted by atomic mass is 10.0. The number of hydrogen-bond donors (Lipinski definition) is 0. The number of benzene rings is 9. The number of fused-ring (bicyclic) bond motifs is 11. The Labute approximate surface area is 350 Å². The summed E-state index contributed by atoms with van der Waals surface area (Å²) in [5.74, 6) is 0. The second-order valence-electron chi connectivity index (χ2n) is 15.8. The molecule has 0 atom stereocenters. The van der Waals surface area contributed by atoms with Gasteiger partial charge in [-0.25, -0.2) is 9.97 Å². The SMILES string of the molecule is c1ccc(-c2nc3ccccc3nc2-c2cccc(-n3c4ccccc4c4c5c6ccccc6n(-c6ccc7c(c6)c6ccccc6n7-c6ccccc6)c5ccc43)c2)cc1. The van der Waals surface area contributed by atoms with Crippen LogP contribution in [0.1, 0.15) is 0 Å². The minimum absolute atomic E-state index is 0.863. The maximum absolute atomic E-state index is 5.25. The van der Waals surface area contributed by atoms with Gasteiger partial charge >= 0.3 is 0 Å². The van der Waals surface area contributed by atoms with Gasteiger partial charge in [0.25, 0.3) is 0 Å². The fraction of sp³-hybridized carbons (Fsp3) is 0. The van der Waals surface area contributed by atoms with E-state index in [0.717, 1.165) is 61.6 Å². The molecule has 4 aromatic heterocycles. The molecule has 5 nitrogen and oxygen atoms in total. The predicted octanol–water partition coefficient (Wildman–Crippen LogP) is 14.3. The molecular weight excluding hydrogens is 743 g/mol. The molecule has 284 valence electrons. The molecule has 0 unspecified atom stereocenters. The Morgan fingerprint density at radius 2 is 0.689 bits per heavy atom. The zero-order valence-corrected chi connectivity index (χ0v) is 32.9. The van der Waals surface area contributed by atoms with E-state index >= 15 is 0 Å². The molecule has 0 aliphatic carbocycles. The Morgan fingerprint density at radius 1 is 0.262 bits per heavy atom. The van der Waals surface area contributed by atoms with E-state index in [1.807, 2.05) is 30.3 Å². The zero-order chi connectivity index (χ0) is 40.0. The van der Waals surface area contributed by atoms with Crippen LogP contribution in [0.4, 0.5) is 0 Å². The normalized spacial score (nSPS) is 11.9. The van der Waals surface area contributed by atoms with E-state index in [-0.39, 0.29) is 0 Å². The van der Waals surface area contributed by atoms with E-state index in [4.69, 9.17) is 9.97 Å². The third kappa shape index (κ3) is 5.01. The van der Waals surface area contributed by atoms with E-state index in [0.29, 0.717) is 0 Å². The number of aromatic nitrogens is 5. The van der Waals surface area contributed by atoms with Gasteiger partial charge in [-0.15, -0.1) is 0 Å². The lowest BCUT2D eigenvalue weighted by Crippen LogP contribution is -1.98. The van der Waals surface area contributed by atoms with Crippen molar-refractivity contribution in [1.29, 1.82) is 0 Å². The molecule has 13 aromatic rings. The predicted molar refractivity (Wildman–Crippen MR) is 253 cm³/mol. The summed E-state index contributed by atoms with van der Waals surface area (Å²) < 4.78 is 7.25. The summed E-state index contributed by atoms with van der Waals surface area (Å²) in [6.07, 6.45) is 0. The first-order valence-electron chi connectivity index (χ1n) is 20.8. The molecule has 0 radical (unpaired) electrons. The van der Waals surface area contributed by atoms with Crippen LogP contribution in [0.3, 0.4) is 0 Å². The molecule has 0 saturated carbocycles. The Morgan fingerprint density at radius 3 is 1.33 bits per heavy atom. The maximum atomic E-state index is 5.25. The first-order chi connectivity index (χ1) is 30.3. The Bertz CT molecular complexity index is 3870. The summed E-state index contributed by atoms with van der Waals surface area (Å²) >= 11 is 0. The maximum Gasteiger partial charge on any atom is 0.0973 e. The molecule has 13 rings (SSSR count). The van der Waals surface area contributed by atoms with Gasteiger partial charge in [0.05, 0.1) is 55.5 Å². The fourth-order valence-corrected chi connectivity index (χ4v) is 9.82. The molecule has 5 heteroatoms. The molecule has 0 amide bonds. The fourth-order valence-electron chi connectivity index (χ4n) is 9.82. The Balaban J connectivity index is 1.05. The van der Waals surface area contributed by atoms with E-state index < -0.39 is 0 Å². The van der Waals surface area contributed by atoms with E-state index in [1.54, 1.807) is 0 Å². The molecule has 0 fully saturated rings. The lowest BCUT2D eigenvalue weighted by Gasteiger charge is -2.13. The van der Waals surface area contributed by atoms with Crippen molar-refractivity contribution >= 4 is 76.5 Å². The van der Waals surface area contributed by atoms with Crippen LogP contribution in [0.2, 0.25) is 0 Å². The number of hydrogen-bond acceptors (Lipinski definition) is 2. The van der Waals surface area contributed by atoms with E-state index in [1.165, 1.54) is 54.4 Å². The van der Waals surface area contributed by atoms with Gasteiger partial charge in [0.1, 0.15) is 0 Å². The van der Waals surface area contributed by atoms with Crippen LogP contribution in [0, 0.1) is 0 Å². The standard InChI is InChI=1S/C56H35N5/c1-3-16-36(17-4-1)55-56(58-46-26-11-10-25-45(46)57-55)37-18-15-21-39(34-37)60-48-28-13-8-23-42(48)53-51(60)32-33-52-54(53)43-24-9-14-29-49(43)61(52)40-30-31-50-44(35-40)41-22-7-12-27-47(41)59(50)38-19-5-2-6-20-38/h1-35H. The summed E-state index contributed by atoms with van der Waals surface area (Å²) in [7, 11) is 0. The largest absolute Gasteiger partial charge is 0.309 e. The summed E-state index contributed by atoms with van der Waals surface area (Å²) in [4.78, 5) is 10.4. The van der Waals surface area contributed by atoms with Crippen LogP contribution < -0.4 is 0 Å². The highest BCUT2D eigenvalue weighted by Crippen LogP contribution is 2.44. The van der Waals surface area contributed by atoms with Crippen LogP contribution in [-0.2, 0) is 0 Å². The number of para-hydroxylation sites is 6. The topological polar surface area (TPSA) is 40.6 Å². The highest BCUT2D eigenvalue weighted by atomic mass is 15.0. The second kappa shape index (κ2) is 13.1. The molecule has 4 heterocycles. The monoisotopic (exact) mass is 777 g/mol. The third-order valence-corrected chi connectivity index (χ3v) is 12.4. The summed E-state index contributed by atoms with van der Waals surface area (Å²) in [5.41, 5.74) is 16.0. The van der Waals surface area contributed by atoms with Crippen molar-refractivity contribution in [1.82, 2.24) is 23.7 Å². The first-order valence-corrected chi connectivity index (χ1v) is 20.8. The van der Waals surface area contributed by atoms with Gasteiger partial charge < -0.3 is 13.7 Å². The highest BCUT2D eigenvalue weighted by Gasteiger charge is 2.22. The molecule has 0 spiro atoms. The molecule has 0 aliphatic rings. The zero-order valence-electron chi connectivity index (χ0n) is 32.9. The molecule has 0 aliphatic heterocycles. The summed E-state index contributed by atoms with van der Waals surface area (Å²) in [6.45, 7) is 0. The minimum atomic E-state index is 0.863. The second-order valence-corrected chi connectivity index (χ2v) is 15.8. The average Bonchev–Trinajstić information content (AvgIpc) is 3.97. The lowest BCUT2D eigenvalue weighted by molar-refractivity contribution is 1.16. The smallest absolute Gasteiger partial charge is 0.0973 e. The first kappa shape index (κ1) is 33.7. The Hall–Kier alpha value is -8.28. The van der Waals surface area contributed by atoms with Crippen LogP contribution in [0.25, 0.3) is 116 Å². The van der Waals surface area contributed by atoms with Crippen molar-refractivity contribution in [3.63, 3.8) is 0 Å². The van der Waals surface area contributed by atoms with Crippen LogP contribution in [0.5, 0.6) is 0 Å². The molecule has 0 saturated heterocycles. The highest BCUT2D eigenvalue weighted by molar-refractivity contribution is 6.29. The molecule has 9 aromatic carbocycles. The quantitative estimate of drug-likeness (QED) is 0.175. The van der Waals surface area contributed by atoms with Gasteiger partial charge in [0, 0.05) is 60.5 Å². The van der Waals surface area contributed by atoms with Crippen molar-refractivity contribution in [3.8, 4) is 39.6 Å². The number of rotatable bonds is 5. The van der Waals surface area contributed by atoms with Gasteiger partial charge in [-0.3, -0.25) is 0 Å². The van der Waals surface area contributed by atoms with Crippen molar-refractivity contribution in [3.05, 3.63) is 212 Å². The Kier molecular flexibility index (Phi) is 7.24. The van der Waals surface area contributed by atoms with Crippen molar-refractivity contribution < 1.29 is 0 Å². The molecule has 61 heavy (non-hydrogen) atoms. The van der Waals surface area contributed by atoms with Gasteiger partial charge in [-0.1, -0.05) is 127 Å². The molecule has 0 N–H and O–H groups in total. The van der Waals surface area contributed by atoms with Gasteiger partial charge in [-0.05, 0) is 84.9 Å². The van der Waals surface area contributed by atoms with Gasteiger partial charge in [-0.2, -0.15) is 0 Å². The van der Waals surface area contributed by atoms with Crippen LogP contribution >= 0.6 is 0 Å². The van der Waals surface area contributed by atoms with Crippen molar-refractivity contribution in [2.75, 3.05) is 0 Å². The minimum Gasteiger partial charge on any atom is -0.309 e. The van der Waals surface area contributed by atoms with Gasteiger partial charge in [0.2, 0.25) is 0 Å². The van der Waals surface area contributed by atoms with Gasteiger partial charge in [0.15, 0.2) is 0 Å².